The number of carbonyl (C=O) groups excluding carboxylic acids is 2. The fraction of sp³-hybridized carbons (Fsp3) is 0.125. The van der Waals surface area contributed by atoms with E-state index in [1.807, 2.05) is 6.92 Å². The number of fused-ring (bicyclic) bond motifs is 1. The zero-order valence-electron chi connectivity index (χ0n) is 17.5. The molecule has 0 bridgehead atoms. The van der Waals surface area contributed by atoms with Gasteiger partial charge in [0.25, 0.3) is 5.91 Å². The van der Waals surface area contributed by atoms with Crippen LogP contribution in [0.2, 0.25) is 0 Å². The highest BCUT2D eigenvalue weighted by atomic mass is 79.9. The fourth-order valence-corrected chi connectivity index (χ4v) is 3.37. The third-order valence-corrected chi connectivity index (χ3v) is 5.07. The van der Waals surface area contributed by atoms with Crippen LogP contribution in [0.25, 0.3) is 0 Å². The van der Waals surface area contributed by atoms with Crippen molar-refractivity contribution in [3.8, 4) is 23.0 Å². The van der Waals surface area contributed by atoms with Gasteiger partial charge < -0.3 is 18.9 Å². The van der Waals surface area contributed by atoms with Gasteiger partial charge in [0.15, 0.2) is 11.5 Å². The van der Waals surface area contributed by atoms with Gasteiger partial charge in [-0.25, -0.2) is 10.2 Å². The molecule has 168 valence electrons. The van der Waals surface area contributed by atoms with E-state index in [1.54, 1.807) is 60.7 Å². The van der Waals surface area contributed by atoms with Gasteiger partial charge in [0.1, 0.15) is 11.5 Å². The van der Waals surface area contributed by atoms with Crippen LogP contribution in [0, 0.1) is 0 Å². The molecule has 0 spiro atoms. The molecule has 3 aromatic carbocycles. The van der Waals surface area contributed by atoms with Crippen LogP contribution in [0.15, 0.2) is 70.2 Å². The van der Waals surface area contributed by atoms with Gasteiger partial charge in [-0.15, -0.1) is 0 Å². The highest BCUT2D eigenvalue weighted by molar-refractivity contribution is 9.10. The Bertz CT molecular complexity index is 1210. The van der Waals surface area contributed by atoms with Gasteiger partial charge in [-0.3, -0.25) is 4.79 Å². The molecule has 1 aliphatic rings. The predicted molar refractivity (Wildman–Crippen MR) is 124 cm³/mol. The van der Waals surface area contributed by atoms with Crippen LogP contribution in [0.4, 0.5) is 0 Å². The van der Waals surface area contributed by atoms with Crippen molar-refractivity contribution in [2.45, 2.75) is 6.92 Å². The van der Waals surface area contributed by atoms with E-state index in [-0.39, 0.29) is 12.5 Å². The van der Waals surface area contributed by atoms with Crippen molar-refractivity contribution in [3.05, 3.63) is 81.8 Å². The maximum atomic E-state index is 12.6. The highest BCUT2D eigenvalue weighted by Crippen LogP contribution is 2.32. The zero-order valence-corrected chi connectivity index (χ0v) is 19.1. The molecular formula is C24H19BrN2O6. The normalized spacial score (nSPS) is 11.9. The lowest BCUT2D eigenvalue weighted by atomic mass is 10.2. The van der Waals surface area contributed by atoms with Gasteiger partial charge in [0, 0.05) is 15.6 Å². The third kappa shape index (κ3) is 5.50. The Morgan fingerprint density at radius 1 is 1.03 bits per heavy atom. The second kappa shape index (κ2) is 10.2. The molecule has 9 heteroatoms. The molecular weight excluding hydrogens is 492 g/mol. The molecule has 0 aliphatic carbocycles. The highest BCUT2D eigenvalue weighted by Gasteiger charge is 2.16. The number of halogens is 1. The molecule has 0 radical (unpaired) electrons. The molecule has 33 heavy (non-hydrogen) atoms. The Hall–Kier alpha value is -3.85. The average molecular weight is 511 g/mol. The minimum absolute atomic E-state index is 0.125. The predicted octanol–water partition coefficient (Wildman–Crippen LogP) is 4.56. The first-order valence-electron chi connectivity index (χ1n) is 10.0. The zero-order chi connectivity index (χ0) is 23.2. The number of hydrogen-bond acceptors (Lipinski definition) is 7. The summed E-state index contributed by atoms with van der Waals surface area (Å²) in [5, 5.41) is 4.00. The first-order chi connectivity index (χ1) is 16.0. The lowest BCUT2D eigenvalue weighted by molar-refractivity contribution is 0.0734. The third-order valence-electron chi connectivity index (χ3n) is 4.58. The van der Waals surface area contributed by atoms with Crippen molar-refractivity contribution >= 4 is 34.0 Å². The van der Waals surface area contributed by atoms with Gasteiger partial charge >= 0.3 is 5.97 Å². The maximum absolute atomic E-state index is 12.6. The number of nitrogens with zero attached hydrogens (tertiary/aromatic N) is 1. The molecule has 3 aromatic rings. The first-order valence-corrected chi connectivity index (χ1v) is 10.8. The van der Waals surface area contributed by atoms with E-state index in [1.165, 1.54) is 6.21 Å². The SMILES string of the molecule is CCOc1ccc(C(=O)Oc2ccc(Br)cc2/C=N/NC(=O)c2ccc3c(c2)OCO3)cc1. The van der Waals surface area contributed by atoms with E-state index >= 15 is 0 Å². The molecule has 8 nitrogen and oxygen atoms in total. The largest absolute Gasteiger partial charge is 0.494 e. The number of hydrazone groups is 1. The Morgan fingerprint density at radius 3 is 2.58 bits per heavy atom. The van der Waals surface area contributed by atoms with E-state index in [0.29, 0.717) is 40.5 Å². The summed E-state index contributed by atoms with van der Waals surface area (Å²) in [5.41, 5.74) is 3.69. The van der Waals surface area contributed by atoms with Crippen molar-refractivity contribution in [2.24, 2.45) is 5.10 Å². The van der Waals surface area contributed by atoms with Crippen molar-refractivity contribution in [3.63, 3.8) is 0 Å². The number of amides is 1. The van der Waals surface area contributed by atoms with Crippen LogP contribution < -0.4 is 24.4 Å². The maximum Gasteiger partial charge on any atom is 0.343 e. The minimum Gasteiger partial charge on any atom is -0.494 e. The molecule has 0 fully saturated rings. The Balaban J connectivity index is 1.44. The average Bonchev–Trinajstić information content (AvgIpc) is 3.29. The smallest absolute Gasteiger partial charge is 0.343 e. The molecule has 0 aromatic heterocycles. The second-order valence-corrected chi connectivity index (χ2v) is 7.71. The number of nitrogens with one attached hydrogen (secondary N) is 1. The first kappa shape index (κ1) is 22.3. The van der Waals surface area contributed by atoms with E-state index in [9.17, 15) is 9.59 Å². The van der Waals surface area contributed by atoms with Crippen LogP contribution in [0.5, 0.6) is 23.0 Å². The van der Waals surface area contributed by atoms with Gasteiger partial charge in [-0.1, -0.05) is 15.9 Å². The number of carbonyl (C=O) groups is 2. The van der Waals surface area contributed by atoms with Crippen molar-refractivity contribution in [1.29, 1.82) is 0 Å². The molecule has 1 aliphatic heterocycles. The summed E-state index contributed by atoms with van der Waals surface area (Å²) >= 11 is 3.39. The summed E-state index contributed by atoms with van der Waals surface area (Å²) in [6.45, 7) is 2.55. The van der Waals surface area contributed by atoms with Crippen molar-refractivity contribution in [2.75, 3.05) is 13.4 Å². The molecule has 0 atom stereocenters. The van der Waals surface area contributed by atoms with Gasteiger partial charge in [-0.05, 0) is 67.6 Å². The van der Waals surface area contributed by atoms with E-state index in [0.717, 1.165) is 4.47 Å². The van der Waals surface area contributed by atoms with Crippen molar-refractivity contribution in [1.82, 2.24) is 5.43 Å². The number of hydrogen-bond donors (Lipinski definition) is 1. The molecule has 0 saturated carbocycles. The summed E-state index contributed by atoms with van der Waals surface area (Å²) in [4.78, 5) is 25.0. The summed E-state index contributed by atoms with van der Waals surface area (Å²) < 4.78 is 22.2. The molecule has 0 saturated heterocycles. The van der Waals surface area contributed by atoms with Gasteiger partial charge in [0.2, 0.25) is 6.79 Å². The molecule has 1 N–H and O–H groups in total. The number of rotatable bonds is 7. The fourth-order valence-electron chi connectivity index (χ4n) is 2.99. The Morgan fingerprint density at radius 2 is 1.79 bits per heavy atom. The minimum atomic E-state index is -0.528. The van der Waals surface area contributed by atoms with Crippen LogP contribution in [0.3, 0.4) is 0 Å². The molecule has 1 heterocycles. The monoisotopic (exact) mass is 510 g/mol. The van der Waals surface area contributed by atoms with Gasteiger partial charge in [0.05, 0.1) is 18.4 Å². The van der Waals surface area contributed by atoms with E-state index in [2.05, 4.69) is 26.5 Å². The number of esters is 1. The lowest BCUT2D eigenvalue weighted by Gasteiger charge is -2.09. The van der Waals surface area contributed by atoms with E-state index in [4.69, 9.17) is 18.9 Å². The quantitative estimate of drug-likeness (QED) is 0.216. The summed E-state index contributed by atoms with van der Waals surface area (Å²) in [7, 11) is 0. The van der Waals surface area contributed by atoms with Crippen LogP contribution >= 0.6 is 15.9 Å². The Kier molecular flexibility index (Phi) is 6.89. The number of ether oxygens (including phenoxy) is 4. The van der Waals surface area contributed by atoms with Gasteiger partial charge in [-0.2, -0.15) is 5.10 Å². The lowest BCUT2D eigenvalue weighted by Crippen LogP contribution is -2.17. The van der Waals surface area contributed by atoms with Crippen LogP contribution in [-0.2, 0) is 0 Å². The van der Waals surface area contributed by atoms with Crippen LogP contribution in [-0.4, -0.2) is 31.5 Å². The Labute approximate surface area is 198 Å². The summed E-state index contributed by atoms with van der Waals surface area (Å²) in [5.74, 6) is 1.10. The standard InChI is InChI=1S/C24H19BrN2O6/c1-2-30-19-7-3-15(4-8-19)24(29)33-20-10-6-18(25)11-17(20)13-26-27-23(28)16-5-9-21-22(12-16)32-14-31-21/h3-13H,2,14H2,1H3,(H,27,28)/b26-13+. The topological polar surface area (TPSA) is 95.5 Å². The molecule has 1 amide bonds. The second-order valence-electron chi connectivity index (χ2n) is 6.80. The van der Waals surface area contributed by atoms with Crippen molar-refractivity contribution < 1.29 is 28.5 Å². The molecule has 0 unspecified atom stereocenters. The number of benzene rings is 3. The van der Waals surface area contributed by atoms with Crippen LogP contribution in [0.1, 0.15) is 33.2 Å². The summed E-state index contributed by atoms with van der Waals surface area (Å²) in [6.07, 6.45) is 1.40. The molecule has 4 rings (SSSR count). The summed E-state index contributed by atoms with van der Waals surface area (Å²) in [6, 6.07) is 16.6. The van der Waals surface area contributed by atoms with E-state index < -0.39 is 11.9 Å².